The van der Waals surface area contributed by atoms with Gasteiger partial charge in [-0.2, -0.15) is 0 Å². The standard InChI is InChI=1S/C15H16BrN3O3S/c16-12-2-1-3-13(10-12)19-15(20)18-9-8-11-4-6-14(7-5-11)23(17,21)22/h1-7,10H,8-9H2,(H2,17,21,22)(H2,18,19,20). The first-order valence-electron chi connectivity index (χ1n) is 6.77. The number of halogens is 1. The number of carbonyl (C=O) groups excluding carboxylic acids is 1. The maximum atomic E-state index is 11.8. The van der Waals surface area contributed by atoms with Crippen molar-refractivity contribution in [3.8, 4) is 0 Å². The number of primary sulfonamides is 1. The molecule has 0 bridgehead atoms. The Hall–Kier alpha value is -1.90. The predicted molar refractivity (Wildman–Crippen MR) is 92.7 cm³/mol. The van der Waals surface area contributed by atoms with E-state index in [1.165, 1.54) is 12.1 Å². The van der Waals surface area contributed by atoms with Gasteiger partial charge in [-0.05, 0) is 42.3 Å². The minimum atomic E-state index is -3.68. The van der Waals surface area contributed by atoms with E-state index < -0.39 is 10.0 Å². The maximum absolute atomic E-state index is 11.8. The molecular formula is C15H16BrN3O3S. The van der Waals surface area contributed by atoms with Crippen LogP contribution >= 0.6 is 15.9 Å². The Kier molecular flexibility index (Phi) is 5.75. The van der Waals surface area contributed by atoms with Crippen molar-refractivity contribution in [3.05, 3.63) is 58.6 Å². The normalized spacial score (nSPS) is 11.0. The lowest BCUT2D eigenvalue weighted by Gasteiger charge is -2.08. The SMILES string of the molecule is NS(=O)(=O)c1ccc(CCNC(=O)Nc2cccc(Br)c2)cc1. The van der Waals surface area contributed by atoms with Crippen LogP contribution in [0.3, 0.4) is 0 Å². The van der Waals surface area contributed by atoms with Crippen molar-refractivity contribution < 1.29 is 13.2 Å². The van der Waals surface area contributed by atoms with Crippen LogP contribution in [0.4, 0.5) is 10.5 Å². The van der Waals surface area contributed by atoms with Gasteiger partial charge in [0.2, 0.25) is 10.0 Å². The van der Waals surface area contributed by atoms with Gasteiger partial charge in [-0.1, -0.05) is 34.1 Å². The summed E-state index contributed by atoms with van der Waals surface area (Å²) in [6.45, 7) is 0.425. The molecule has 2 amide bonds. The summed E-state index contributed by atoms with van der Waals surface area (Å²) < 4.78 is 23.2. The van der Waals surface area contributed by atoms with Gasteiger partial charge in [0, 0.05) is 16.7 Å². The van der Waals surface area contributed by atoms with Gasteiger partial charge in [0.05, 0.1) is 4.90 Å². The Balaban J connectivity index is 1.81. The second-order valence-corrected chi connectivity index (χ2v) is 7.31. The highest BCUT2D eigenvalue weighted by atomic mass is 79.9. The second kappa shape index (κ2) is 7.58. The smallest absolute Gasteiger partial charge is 0.319 e. The van der Waals surface area contributed by atoms with Crippen molar-refractivity contribution in [1.29, 1.82) is 0 Å². The van der Waals surface area contributed by atoms with Gasteiger partial charge in [-0.15, -0.1) is 0 Å². The first-order valence-corrected chi connectivity index (χ1v) is 9.11. The summed E-state index contributed by atoms with van der Waals surface area (Å²) in [6, 6.07) is 13.2. The molecule has 0 heterocycles. The summed E-state index contributed by atoms with van der Waals surface area (Å²) in [6.07, 6.45) is 0.580. The van der Waals surface area contributed by atoms with Gasteiger partial charge < -0.3 is 10.6 Å². The number of hydrogen-bond acceptors (Lipinski definition) is 3. The Morgan fingerprint density at radius 3 is 2.43 bits per heavy atom. The summed E-state index contributed by atoms with van der Waals surface area (Å²) in [4.78, 5) is 11.8. The van der Waals surface area contributed by atoms with Gasteiger partial charge in [0.1, 0.15) is 0 Å². The number of nitrogens with two attached hydrogens (primary N) is 1. The molecular weight excluding hydrogens is 382 g/mol. The third-order valence-corrected chi connectivity index (χ3v) is 4.46. The van der Waals surface area contributed by atoms with E-state index in [-0.39, 0.29) is 10.9 Å². The highest BCUT2D eigenvalue weighted by molar-refractivity contribution is 9.10. The van der Waals surface area contributed by atoms with E-state index in [1.807, 2.05) is 12.1 Å². The summed E-state index contributed by atoms with van der Waals surface area (Å²) in [5.74, 6) is 0. The first-order chi connectivity index (χ1) is 10.8. The van der Waals surface area contributed by atoms with E-state index in [9.17, 15) is 13.2 Å². The van der Waals surface area contributed by atoms with Gasteiger partial charge in [-0.25, -0.2) is 18.4 Å². The Morgan fingerprint density at radius 2 is 1.83 bits per heavy atom. The zero-order valence-electron chi connectivity index (χ0n) is 12.1. The highest BCUT2D eigenvalue weighted by Gasteiger charge is 2.07. The lowest BCUT2D eigenvalue weighted by molar-refractivity contribution is 0.252. The van der Waals surface area contributed by atoms with E-state index in [4.69, 9.17) is 5.14 Å². The Labute approximate surface area is 143 Å². The fraction of sp³-hybridized carbons (Fsp3) is 0.133. The molecule has 0 saturated carbocycles. The first kappa shape index (κ1) is 17.5. The van der Waals surface area contributed by atoms with E-state index >= 15 is 0 Å². The van der Waals surface area contributed by atoms with Crippen molar-refractivity contribution >= 4 is 37.7 Å². The molecule has 4 N–H and O–H groups in total. The monoisotopic (exact) mass is 397 g/mol. The number of rotatable bonds is 5. The number of amides is 2. The number of anilines is 1. The molecule has 0 aliphatic heterocycles. The van der Waals surface area contributed by atoms with Gasteiger partial charge in [0.15, 0.2) is 0 Å². The van der Waals surface area contributed by atoms with Crippen LogP contribution in [0.1, 0.15) is 5.56 Å². The van der Waals surface area contributed by atoms with Crippen LogP contribution in [0.5, 0.6) is 0 Å². The summed E-state index contributed by atoms with van der Waals surface area (Å²) >= 11 is 3.33. The van der Waals surface area contributed by atoms with Crippen LogP contribution in [-0.4, -0.2) is 21.0 Å². The third kappa shape index (κ3) is 5.66. The molecule has 0 saturated heterocycles. The van der Waals surface area contributed by atoms with Gasteiger partial charge in [0.25, 0.3) is 0 Å². The lowest BCUT2D eigenvalue weighted by atomic mass is 10.1. The number of sulfonamides is 1. The van der Waals surface area contributed by atoms with Crippen molar-refractivity contribution in [2.24, 2.45) is 5.14 Å². The lowest BCUT2D eigenvalue weighted by Crippen LogP contribution is -2.30. The van der Waals surface area contributed by atoms with Crippen LogP contribution in [-0.2, 0) is 16.4 Å². The zero-order chi connectivity index (χ0) is 16.9. The van der Waals surface area contributed by atoms with Crippen molar-refractivity contribution in [3.63, 3.8) is 0 Å². The molecule has 0 radical (unpaired) electrons. The van der Waals surface area contributed by atoms with Crippen LogP contribution in [0.15, 0.2) is 57.9 Å². The summed E-state index contributed by atoms with van der Waals surface area (Å²) in [5.41, 5.74) is 1.59. The van der Waals surface area contributed by atoms with E-state index in [0.717, 1.165) is 10.0 Å². The Bertz CT molecular complexity index is 792. The van der Waals surface area contributed by atoms with Crippen molar-refractivity contribution in [2.45, 2.75) is 11.3 Å². The Morgan fingerprint density at radius 1 is 1.13 bits per heavy atom. The van der Waals surface area contributed by atoms with E-state index in [2.05, 4.69) is 26.6 Å². The van der Waals surface area contributed by atoms with Crippen molar-refractivity contribution in [1.82, 2.24) is 5.32 Å². The van der Waals surface area contributed by atoms with Gasteiger partial charge >= 0.3 is 6.03 Å². The van der Waals surface area contributed by atoms with E-state index in [1.54, 1.807) is 24.3 Å². The number of benzene rings is 2. The van der Waals surface area contributed by atoms with Crippen LogP contribution in [0.25, 0.3) is 0 Å². The van der Waals surface area contributed by atoms with Crippen LogP contribution in [0, 0.1) is 0 Å². The van der Waals surface area contributed by atoms with E-state index in [0.29, 0.717) is 18.7 Å². The molecule has 0 spiro atoms. The second-order valence-electron chi connectivity index (χ2n) is 4.83. The van der Waals surface area contributed by atoms with Gasteiger partial charge in [-0.3, -0.25) is 0 Å². The number of hydrogen-bond donors (Lipinski definition) is 3. The molecule has 0 unspecified atom stereocenters. The quantitative estimate of drug-likeness (QED) is 0.721. The molecule has 2 rings (SSSR count). The molecule has 0 aromatic heterocycles. The summed E-state index contributed by atoms with van der Waals surface area (Å²) in [7, 11) is -3.68. The maximum Gasteiger partial charge on any atom is 0.319 e. The molecule has 0 fully saturated rings. The number of carbonyl (C=O) groups is 1. The molecule has 6 nitrogen and oxygen atoms in total. The minimum absolute atomic E-state index is 0.0709. The third-order valence-electron chi connectivity index (χ3n) is 3.03. The fourth-order valence-corrected chi connectivity index (χ4v) is 2.82. The van der Waals surface area contributed by atoms with Crippen molar-refractivity contribution in [2.75, 3.05) is 11.9 Å². The molecule has 8 heteroatoms. The average Bonchev–Trinajstić information content (AvgIpc) is 2.47. The minimum Gasteiger partial charge on any atom is -0.338 e. The highest BCUT2D eigenvalue weighted by Crippen LogP contribution is 2.15. The molecule has 2 aromatic rings. The molecule has 122 valence electrons. The van der Waals surface area contributed by atoms with Crippen LogP contribution in [0.2, 0.25) is 0 Å². The topological polar surface area (TPSA) is 101 Å². The largest absolute Gasteiger partial charge is 0.338 e. The molecule has 2 aromatic carbocycles. The predicted octanol–water partition coefficient (Wildman–Crippen LogP) is 2.46. The molecule has 0 aliphatic carbocycles. The number of nitrogens with one attached hydrogen (secondary N) is 2. The number of urea groups is 1. The molecule has 0 atom stereocenters. The fourth-order valence-electron chi connectivity index (χ4n) is 1.91. The molecule has 0 aliphatic rings. The average molecular weight is 398 g/mol. The zero-order valence-corrected chi connectivity index (χ0v) is 14.5. The molecule has 23 heavy (non-hydrogen) atoms. The van der Waals surface area contributed by atoms with Crippen LogP contribution < -0.4 is 15.8 Å². The summed E-state index contributed by atoms with van der Waals surface area (Å²) in [5, 5.41) is 10.5.